The van der Waals surface area contributed by atoms with Crippen LogP contribution in [0.2, 0.25) is 0 Å². The van der Waals surface area contributed by atoms with Gasteiger partial charge >= 0.3 is 0 Å². The number of nitrogens with two attached hydrogens (primary N) is 1. The minimum atomic E-state index is -0.386. The third kappa shape index (κ3) is 1.88. The maximum atomic E-state index is 13.9. The van der Waals surface area contributed by atoms with E-state index >= 15 is 0 Å². The number of hydrogen-bond donors (Lipinski definition) is 2. The van der Waals surface area contributed by atoms with Crippen molar-refractivity contribution in [3.05, 3.63) is 35.8 Å². The monoisotopic (exact) mass is 246 g/mol. The Kier molecular flexibility index (Phi) is 2.58. The van der Waals surface area contributed by atoms with Crippen LogP contribution in [0.1, 0.15) is 30.7 Å². The van der Waals surface area contributed by atoms with E-state index in [1.54, 1.807) is 18.3 Å². The molecule has 1 aromatic carbocycles. The average molecular weight is 246 g/mol. The summed E-state index contributed by atoms with van der Waals surface area (Å²) in [6.07, 6.45) is 4.74. The molecule has 1 atom stereocenters. The maximum Gasteiger partial charge on any atom is 0.225 e. The van der Waals surface area contributed by atoms with E-state index in [0.717, 1.165) is 19.3 Å². The Morgan fingerprint density at radius 1 is 1.50 bits per heavy atom. The molecule has 1 aliphatic rings. The summed E-state index contributed by atoms with van der Waals surface area (Å²) in [6.45, 7) is 0. The zero-order valence-corrected chi connectivity index (χ0v) is 9.95. The molecule has 1 heterocycles. The van der Waals surface area contributed by atoms with E-state index in [1.165, 1.54) is 6.07 Å². The number of H-pyrrole nitrogens is 1. The lowest BCUT2D eigenvalue weighted by atomic mass is 9.92. The van der Waals surface area contributed by atoms with Crippen LogP contribution in [0.4, 0.5) is 4.39 Å². The predicted molar refractivity (Wildman–Crippen MR) is 67.5 cm³/mol. The topological polar surface area (TPSA) is 58.9 Å². The fourth-order valence-corrected chi connectivity index (χ4v) is 2.52. The number of carbonyl (C=O) groups is 1. The molecule has 1 amide bonds. The smallest absolute Gasteiger partial charge is 0.225 e. The molecule has 94 valence electrons. The molecule has 18 heavy (non-hydrogen) atoms. The molecule has 2 aromatic rings. The molecular formula is C14H15FN2O. The Labute approximate surface area is 104 Å². The Hall–Kier alpha value is -1.84. The first kappa shape index (κ1) is 11.3. The van der Waals surface area contributed by atoms with E-state index < -0.39 is 0 Å². The molecule has 1 unspecified atom stereocenters. The number of nitrogens with one attached hydrogen (secondary N) is 1. The molecule has 3 nitrogen and oxygen atoms in total. The number of amides is 1. The van der Waals surface area contributed by atoms with Crippen molar-refractivity contribution in [2.24, 2.45) is 11.7 Å². The molecule has 3 N–H and O–H groups in total. The highest BCUT2D eigenvalue weighted by atomic mass is 19.1. The minimum absolute atomic E-state index is 0.300. The van der Waals surface area contributed by atoms with Crippen LogP contribution in [0.3, 0.4) is 0 Å². The first-order chi connectivity index (χ1) is 8.66. The maximum absolute atomic E-state index is 13.9. The third-order valence-electron chi connectivity index (χ3n) is 3.67. The number of fused-ring (bicyclic) bond motifs is 1. The van der Waals surface area contributed by atoms with Crippen molar-refractivity contribution in [1.29, 1.82) is 0 Å². The number of hydrogen-bond acceptors (Lipinski definition) is 1. The SMILES string of the molecule is NC(=O)C(CC1CC1)c1c[nH]c2cccc(F)c12. The highest BCUT2D eigenvalue weighted by Crippen LogP contribution is 2.40. The van der Waals surface area contributed by atoms with Crippen LogP contribution in [0.15, 0.2) is 24.4 Å². The molecule has 0 saturated heterocycles. The van der Waals surface area contributed by atoms with Gasteiger partial charge in [0, 0.05) is 17.1 Å². The average Bonchev–Trinajstić information content (AvgIpc) is 3.05. The lowest BCUT2D eigenvalue weighted by molar-refractivity contribution is -0.119. The number of benzene rings is 1. The summed E-state index contributed by atoms with van der Waals surface area (Å²) in [5.74, 6) is -0.487. The summed E-state index contributed by atoms with van der Waals surface area (Å²) in [7, 11) is 0. The van der Waals surface area contributed by atoms with Gasteiger partial charge in [-0.2, -0.15) is 0 Å². The Morgan fingerprint density at radius 2 is 2.28 bits per heavy atom. The van der Waals surface area contributed by atoms with Crippen LogP contribution in [-0.2, 0) is 4.79 Å². The Balaban J connectivity index is 2.07. The normalized spacial score (nSPS) is 16.9. The van der Waals surface area contributed by atoms with Crippen molar-refractivity contribution >= 4 is 16.8 Å². The molecule has 1 aliphatic carbocycles. The van der Waals surface area contributed by atoms with E-state index in [4.69, 9.17) is 5.73 Å². The summed E-state index contributed by atoms with van der Waals surface area (Å²) < 4.78 is 13.9. The van der Waals surface area contributed by atoms with E-state index in [2.05, 4.69) is 4.98 Å². The number of carbonyl (C=O) groups excluding carboxylic acids is 1. The molecule has 0 spiro atoms. The molecule has 3 rings (SSSR count). The summed E-state index contributed by atoms with van der Waals surface area (Å²) in [6, 6.07) is 4.87. The van der Waals surface area contributed by atoms with Crippen LogP contribution < -0.4 is 5.73 Å². The largest absolute Gasteiger partial charge is 0.369 e. The van der Waals surface area contributed by atoms with Crippen LogP contribution in [0, 0.1) is 11.7 Å². The second-order valence-electron chi connectivity index (χ2n) is 5.04. The second-order valence-corrected chi connectivity index (χ2v) is 5.04. The van der Waals surface area contributed by atoms with Crippen LogP contribution in [-0.4, -0.2) is 10.9 Å². The first-order valence-corrected chi connectivity index (χ1v) is 6.21. The van der Waals surface area contributed by atoms with Gasteiger partial charge in [-0.25, -0.2) is 4.39 Å². The van der Waals surface area contributed by atoms with Gasteiger partial charge < -0.3 is 10.7 Å². The Bertz CT molecular complexity index is 601. The van der Waals surface area contributed by atoms with Gasteiger partial charge in [0.2, 0.25) is 5.91 Å². The predicted octanol–water partition coefficient (Wildman–Crippen LogP) is 2.68. The minimum Gasteiger partial charge on any atom is -0.369 e. The van der Waals surface area contributed by atoms with E-state index in [-0.39, 0.29) is 17.6 Å². The highest BCUT2D eigenvalue weighted by molar-refractivity contribution is 5.91. The highest BCUT2D eigenvalue weighted by Gasteiger charge is 2.31. The standard InChI is InChI=1S/C14H15FN2O/c15-11-2-1-3-12-13(11)10(7-17-12)9(14(16)18)6-8-4-5-8/h1-3,7-9,17H,4-6H2,(H2,16,18). The zero-order chi connectivity index (χ0) is 12.7. The van der Waals surface area contributed by atoms with Gasteiger partial charge in [0.1, 0.15) is 5.82 Å². The lowest BCUT2D eigenvalue weighted by Crippen LogP contribution is -2.21. The van der Waals surface area contributed by atoms with Gasteiger partial charge in [-0.05, 0) is 30.0 Å². The molecule has 1 fully saturated rings. The van der Waals surface area contributed by atoms with Crippen molar-refractivity contribution in [1.82, 2.24) is 4.98 Å². The van der Waals surface area contributed by atoms with E-state index in [0.29, 0.717) is 22.4 Å². The third-order valence-corrected chi connectivity index (χ3v) is 3.67. The summed E-state index contributed by atoms with van der Waals surface area (Å²) in [4.78, 5) is 14.6. The number of aromatic amines is 1. The first-order valence-electron chi connectivity index (χ1n) is 6.21. The molecule has 0 radical (unpaired) electrons. The number of rotatable bonds is 4. The summed E-state index contributed by atoms with van der Waals surface area (Å²) >= 11 is 0. The number of primary amides is 1. The van der Waals surface area contributed by atoms with Gasteiger partial charge in [-0.1, -0.05) is 18.9 Å². The van der Waals surface area contributed by atoms with Crippen molar-refractivity contribution in [3.8, 4) is 0 Å². The fourth-order valence-electron chi connectivity index (χ4n) is 2.52. The molecule has 1 saturated carbocycles. The molecular weight excluding hydrogens is 231 g/mol. The van der Waals surface area contributed by atoms with Crippen LogP contribution >= 0.6 is 0 Å². The number of halogens is 1. The van der Waals surface area contributed by atoms with Gasteiger partial charge in [0.15, 0.2) is 0 Å². The molecule has 0 bridgehead atoms. The lowest BCUT2D eigenvalue weighted by Gasteiger charge is -2.12. The van der Waals surface area contributed by atoms with Gasteiger partial charge in [-0.15, -0.1) is 0 Å². The van der Waals surface area contributed by atoms with Crippen LogP contribution in [0.5, 0.6) is 0 Å². The fraction of sp³-hybridized carbons (Fsp3) is 0.357. The van der Waals surface area contributed by atoms with Crippen LogP contribution in [0.25, 0.3) is 10.9 Å². The molecule has 1 aromatic heterocycles. The van der Waals surface area contributed by atoms with E-state index in [1.807, 2.05) is 0 Å². The van der Waals surface area contributed by atoms with Crippen molar-refractivity contribution in [2.45, 2.75) is 25.2 Å². The molecule has 4 heteroatoms. The zero-order valence-electron chi connectivity index (χ0n) is 9.95. The Morgan fingerprint density at radius 3 is 2.94 bits per heavy atom. The summed E-state index contributed by atoms with van der Waals surface area (Å²) in [5, 5.41) is 0.502. The van der Waals surface area contributed by atoms with Gasteiger partial charge in [-0.3, -0.25) is 4.79 Å². The number of aromatic nitrogens is 1. The van der Waals surface area contributed by atoms with Gasteiger partial charge in [0.05, 0.1) is 5.92 Å². The quantitative estimate of drug-likeness (QED) is 0.856. The summed E-state index contributed by atoms with van der Waals surface area (Å²) in [5.41, 5.74) is 6.88. The van der Waals surface area contributed by atoms with E-state index in [9.17, 15) is 9.18 Å². The second kappa shape index (κ2) is 4.12. The van der Waals surface area contributed by atoms with Crippen molar-refractivity contribution in [2.75, 3.05) is 0 Å². The van der Waals surface area contributed by atoms with Crippen molar-refractivity contribution in [3.63, 3.8) is 0 Å². The van der Waals surface area contributed by atoms with Gasteiger partial charge in [0.25, 0.3) is 0 Å². The van der Waals surface area contributed by atoms with Crippen molar-refractivity contribution < 1.29 is 9.18 Å². The molecule has 0 aliphatic heterocycles.